The molecule has 1 aliphatic heterocycles. The quantitative estimate of drug-likeness (QED) is 0.651. The van der Waals surface area contributed by atoms with Crippen molar-refractivity contribution in [1.29, 1.82) is 0 Å². The van der Waals surface area contributed by atoms with Gasteiger partial charge in [0.2, 0.25) is 0 Å². The van der Waals surface area contributed by atoms with E-state index in [1.54, 1.807) is 0 Å². The van der Waals surface area contributed by atoms with E-state index in [-0.39, 0.29) is 5.97 Å². The zero-order valence-electron chi connectivity index (χ0n) is 7.88. The summed E-state index contributed by atoms with van der Waals surface area (Å²) in [6.45, 7) is 2.28. The van der Waals surface area contributed by atoms with E-state index in [4.69, 9.17) is 4.74 Å². The first-order valence-electron chi connectivity index (χ1n) is 4.96. The van der Waals surface area contributed by atoms with Gasteiger partial charge < -0.3 is 10.1 Å². The van der Waals surface area contributed by atoms with Gasteiger partial charge in [0, 0.05) is 6.04 Å². The Labute approximate surface area is 78.1 Å². The number of ether oxygens (including phenoxy) is 1. The van der Waals surface area contributed by atoms with Crippen LogP contribution in [0.3, 0.4) is 0 Å². The van der Waals surface area contributed by atoms with E-state index in [1.165, 1.54) is 19.3 Å². The van der Waals surface area contributed by atoms with Crippen molar-refractivity contribution in [2.75, 3.05) is 6.61 Å². The highest BCUT2D eigenvalue weighted by atomic mass is 16.5. The number of carbonyl (C=O) groups is 1. The van der Waals surface area contributed by atoms with E-state index in [9.17, 15) is 4.79 Å². The number of carbonyl (C=O) groups excluding carboxylic acids is 1. The molecule has 1 fully saturated rings. The summed E-state index contributed by atoms with van der Waals surface area (Å²) in [6, 6.07) is 0.499. The molecule has 13 heavy (non-hydrogen) atoms. The molecule has 0 bridgehead atoms. The molecule has 3 heteroatoms. The fourth-order valence-corrected chi connectivity index (χ4v) is 2.17. The Balaban J connectivity index is 1.99. The highest BCUT2D eigenvalue weighted by Crippen LogP contribution is 2.32. The van der Waals surface area contributed by atoms with Crippen LogP contribution in [0.15, 0.2) is 11.8 Å². The lowest BCUT2D eigenvalue weighted by atomic mass is 10.1. The van der Waals surface area contributed by atoms with Gasteiger partial charge in [0.1, 0.15) is 5.70 Å². The zero-order chi connectivity index (χ0) is 9.26. The topological polar surface area (TPSA) is 38.3 Å². The van der Waals surface area contributed by atoms with Crippen LogP contribution < -0.4 is 5.32 Å². The second-order valence-electron chi connectivity index (χ2n) is 3.65. The lowest BCUT2D eigenvalue weighted by Crippen LogP contribution is -2.27. The van der Waals surface area contributed by atoms with Crippen LogP contribution in [0.1, 0.15) is 26.2 Å². The predicted molar refractivity (Wildman–Crippen MR) is 49.0 cm³/mol. The monoisotopic (exact) mass is 181 g/mol. The molecule has 0 radical (unpaired) electrons. The van der Waals surface area contributed by atoms with Crippen molar-refractivity contribution in [2.24, 2.45) is 5.92 Å². The highest BCUT2D eigenvalue weighted by molar-refractivity contribution is 5.88. The lowest BCUT2D eigenvalue weighted by Gasteiger charge is -2.10. The second kappa shape index (κ2) is 3.40. The largest absolute Gasteiger partial charge is 0.461 e. The van der Waals surface area contributed by atoms with Gasteiger partial charge in [0.15, 0.2) is 0 Å². The van der Waals surface area contributed by atoms with Crippen molar-refractivity contribution < 1.29 is 9.53 Å². The Morgan fingerprint density at radius 1 is 1.69 bits per heavy atom. The molecule has 2 rings (SSSR count). The Kier molecular flexibility index (Phi) is 2.25. The normalized spacial score (nSPS) is 30.7. The number of hydrogen-bond acceptors (Lipinski definition) is 3. The predicted octanol–water partition coefficient (Wildman–Crippen LogP) is 1.21. The molecule has 0 spiro atoms. The van der Waals surface area contributed by atoms with Gasteiger partial charge in [-0.1, -0.05) is 6.42 Å². The molecule has 2 unspecified atom stereocenters. The van der Waals surface area contributed by atoms with Gasteiger partial charge in [0.25, 0.3) is 0 Å². The molecule has 0 aromatic heterocycles. The Morgan fingerprint density at radius 2 is 2.54 bits per heavy atom. The molecule has 3 nitrogen and oxygen atoms in total. The molecule has 2 aliphatic rings. The summed E-state index contributed by atoms with van der Waals surface area (Å²) in [7, 11) is 0. The van der Waals surface area contributed by atoms with Crippen LogP contribution in [0.5, 0.6) is 0 Å². The number of rotatable bonds is 2. The van der Waals surface area contributed by atoms with E-state index in [2.05, 4.69) is 5.32 Å². The maximum atomic E-state index is 11.3. The minimum atomic E-state index is -0.197. The molecule has 0 amide bonds. The molecular weight excluding hydrogens is 166 g/mol. The fraction of sp³-hybridized carbons (Fsp3) is 0.700. The number of esters is 1. The average molecular weight is 181 g/mol. The lowest BCUT2D eigenvalue weighted by molar-refractivity contribution is -0.138. The van der Waals surface area contributed by atoms with Crippen molar-refractivity contribution in [3.8, 4) is 0 Å². The highest BCUT2D eigenvalue weighted by Gasteiger charge is 2.33. The molecule has 1 heterocycles. The fourth-order valence-electron chi connectivity index (χ4n) is 2.17. The van der Waals surface area contributed by atoms with Crippen molar-refractivity contribution in [3.05, 3.63) is 11.8 Å². The van der Waals surface area contributed by atoms with Crippen molar-refractivity contribution in [1.82, 2.24) is 5.32 Å². The molecule has 2 atom stereocenters. The van der Waals surface area contributed by atoms with Crippen molar-refractivity contribution >= 4 is 5.97 Å². The molecule has 0 aromatic rings. The van der Waals surface area contributed by atoms with Crippen molar-refractivity contribution in [2.45, 2.75) is 32.2 Å². The van der Waals surface area contributed by atoms with Crippen LogP contribution in [0.4, 0.5) is 0 Å². The van der Waals surface area contributed by atoms with Gasteiger partial charge in [-0.3, -0.25) is 0 Å². The summed E-state index contributed by atoms with van der Waals surface area (Å²) in [5.74, 6) is 0.372. The zero-order valence-corrected chi connectivity index (χ0v) is 7.88. The number of nitrogens with one attached hydrogen (secondary N) is 1. The minimum Gasteiger partial charge on any atom is -0.461 e. The van der Waals surface area contributed by atoms with Crippen molar-refractivity contribution in [3.63, 3.8) is 0 Å². The van der Waals surface area contributed by atoms with Crippen LogP contribution in [0.25, 0.3) is 0 Å². The first kappa shape index (κ1) is 8.60. The summed E-state index contributed by atoms with van der Waals surface area (Å²) >= 11 is 0. The maximum absolute atomic E-state index is 11.3. The summed E-state index contributed by atoms with van der Waals surface area (Å²) in [5, 5.41) is 3.22. The molecule has 1 aliphatic carbocycles. The Bertz CT molecular complexity index is 247. The summed E-state index contributed by atoms with van der Waals surface area (Å²) in [4.78, 5) is 11.3. The molecule has 0 aromatic carbocycles. The van der Waals surface area contributed by atoms with Crippen LogP contribution in [0.2, 0.25) is 0 Å². The van der Waals surface area contributed by atoms with Gasteiger partial charge in [-0.15, -0.1) is 0 Å². The standard InChI is InChI=1S/C10H15NO2/c1-2-13-10(12)9-6-7-4-3-5-8(7)11-9/h6-8,11H,2-5H2,1H3. The minimum absolute atomic E-state index is 0.197. The third-order valence-corrected chi connectivity index (χ3v) is 2.79. The summed E-state index contributed by atoms with van der Waals surface area (Å²) < 4.78 is 4.92. The Morgan fingerprint density at radius 3 is 3.23 bits per heavy atom. The molecule has 1 N–H and O–H groups in total. The van der Waals surface area contributed by atoms with Crippen LogP contribution in [-0.4, -0.2) is 18.6 Å². The van der Waals surface area contributed by atoms with Gasteiger partial charge in [-0.25, -0.2) is 4.79 Å². The van der Waals surface area contributed by atoms with E-state index in [1.807, 2.05) is 13.0 Å². The first-order chi connectivity index (χ1) is 6.31. The molecule has 1 saturated carbocycles. The summed E-state index contributed by atoms with van der Waals surface area (Å²) in [5.41, 5.74) is 0.677. The molecular formula is C10H15NO2. The molecule has 0 saturated heterocycles. The third-order valence-electron chi connectivity index (χ3n) is 2.79. The van der Waals surface area contributed by atoms with E-state index >= 15 is 0 Å². The van der Waals surface area contributed by atoms with Gasteiger partial charge >= 0.3 is 5.97 Å². The van der Waals surface area contributed by atoms with E-state index < -0.39 is 0 Å². The van der Waals surface area contributed by atoms with Gasteiger partial charge in [-0.05, 0) is 31.8 Å². The SMILES string of the molecule is CCOC(=O)C1=CC2CCCC2N1. The van der Waals surface area contributed by atoms with E-state index in [0.29, 0.717) is 24.3 Å². The van der Waals surface area contributed by atoms with Crippen LogP contribution in [0, 0.1) is 5.92 Å². The first-order valence-corrected chi connectivity index (χ1v) is 4.96. The number of hydrogen-bond donors (Lipinski definition) is 1. The second-order valence-corrected chi connectivity index (χ2v) is 3.65. The molecule has 72 valence electrons. The number of fused-ring (bicyclic) bond motifs is 1. The Hall–Kier alpha value is -0.990. The maximum Gasteiger partial charge on any atom is 0.354 e. The van der Waals surface area contributed by atoms with Crippen LogP contribution >= 0.6 is 0 Å². The third kappa shape index (κ3) is 1.55. The van der Waals surface area contributed by atoms with Gasteiger partial charge in [-0.2, -0.15) is 0 Å². The summed E-state index contributed by atoms with van der Waals surface area (Å²) in [6.07, 6.45) is 5.70. The smallest absolute Gasteiger partial charge is 0.354 e. The van der Waals surface area contributed by atoms with E-state index in [0.717, 1.165) is 0 Å². The van der Waals surface area contributed by atoms with Crippen LogP contribution in [-0.2, 0) is 9.53 Å². The van der Waals surface area contributed by atoms with Gasteiger partial charge in [0.05, 0.1) is 6.61 Å². The average Bonchev–Trinajstić information content (AvgIpc) is 2.61.